The van der Waals surface area contributed by atoms with Gasteiger partial charge in [-0.15, -0.1) is 0 Å². The van der Waals surface area contributed by atoms with Crippen LogP contribution in [0, 0.1) is 0 Å². The van der Waals surface area contributed by atoms with Gasteiger partial charge in [0, 0.05) is 44.5 Å². The molecule has 8 heteroatoms. The summed E-state index contributed by atoms with van der Waals surface area (Å²) in [6.45, 7) is 2.59. The summed E-state index contributed by atoms with van der Waals surface area (Å²) >= 11 is 0. The number of hydrogen-bond acceptors (Lipinski definition) is 5. The molecular weight excluding hydrogens is 298 g/mol. The lowest BCUT2D eigenvalue weighted by Crippen LogP contribution is -2.39. The maximum Gasteiger partial charge on any atom is 0.328 e. The van der Waals surface area contributed by atoms with Crippen LogP contribution in [0.3, 0.4) is 0 Å². The van der Waals surface area contributed by atoms with Crippen molar-refractivity contribution < 1.29 is 4.79 Å². The lowest BCUT2D eigenvalue weighted by atomic mass is 10.2. The van der Waals surface area contributed by atoms with E-state index in [4.69, 9.17) is 0 Å². The SMILES string of the molecule is CN(C)[C@H]1CCN(CC(=O)NCCc2c[nH]c(=O)n(C)c2=O)C1. The van der Waals surface area contributed by atoms with E-state index < -0.39 is 5.69 Å². The van der Waals surface area contributed by atoms with Crippen LogP contribution in [0.2, 0.25) is 0 Å². The monoisotopic (exact) mass is 323 g/mol. The molecule has 2 heterocycles. The summed E-state index contributed by atoms with van der Waals surface area (Å²) in [4.78, 5) is 41.9. The molecular formula is C15H25N5O3. The van der Waals surface area contributed by atoms with Gasteiger partial charge in [-0.1, -0.05) is 0 Å². The normalized spacial score (nSPS) is 18.5. The first-order valence-corrected chi connectivity index (χ1v) is 7.81. The zero-order valence-electron chi connectivity index (χ0n) is 14.0. The van der Waals surface area contributed by atoms with Crippen LogP contribution >= 0.6 is 0 Å². The van der Waals surface area contributed by atoms with Gasteiger partial charge in [0.25, 0.3) is 5.56 Å². The van der Waals surface area contributed by atoms with Gasteiger partial charge >= 0.3 is 5.69 Å². The van der Waals surface area contributed by atoms with Crippen molar-refractivity contribution in [2.75, 3.05) is 40.3 Å². The van der Waals surface area contributed by atoms with Crippen LogP contribution in [0.15, 0.2) is 15.8 Å². The number of likely N-dealkylation sites (N-methyl/N-ethyl adjacent to an activating group) is 1. The number of carbonyl (C=O) groups is 1. The number of aromatic nitrogens is 2. The highest BCUT2D eigenvalue weighted by atomic mass is 16.2. The molecule has 0 bridgehead atoms. The molecule has 0 spiro atoms. The Morgan fingerprint density at radius 2 is 2.17 bits per heavy atom. The number of rotatable bonds is 6. The number of hydrogen-bond donors (Lipinski definition) is 2. The fourth-order valence-electron chi connectivity index (χ4n) is 2.77. The van der Waals surface area contributed by atoms with Crippen LogP contribution in [0.5, 0.6) is 0 Å². The molecule has 2 N–H and O–H groups in total. The van der Waals surface area contributed by atoms with Crippen LogP contribution in [-0.2, 0) is 18.3 Å². The summed E-state index contributed by atoms with van der Waals surface area (Å²) in [5.74, 6) is -0.0364. The van der Waals surface area contributed by atoms with Crippen molar-refractivity contribution >= 4 is 5.91 Å². The van der Waals surface area contributed by atoms with E-state index in [1.807, 2.05) is 0 Å². The highest BCUT2D eigenvalue weighted by molar-refractivity contribution is 5.78. The second-order valence-electron chi connectivity index (χ2n) is 6.22. The molecule has 1 fully saturated rings. The van der Waals surface area contributed by atoms with Crippen molar-refractivity contribution in [2.45, 2.75) is 18.9 Å². The molecule has 0 unspecified atom stereocenters. The number of likely N-dealkylation sites (tertiary alicyclic amines) is 1. The van der Waals surface area contributed by atoms with Crippen molar-refractivity contribution in [3.05, 3.63) is 32.6 Å². The van der Waals surface area contributed by atoms with Crippen molar-refractivity contribution in [2.24, 2.45) is 7.05 Å². The summed E-state index contributed by atoms with van der Waals surface area (Å²) in [7, 11) is 5.54. The van der Waals surface area contributed by atoms with Gasteiger partial charge in [-0.2, -0.15) is 0 Å². The zero-order valence-corrected chi connectivity index (χ0v) is 14.0. The van der Waals surface area contributed by atoms with Crippen molar-refractivity contribution in [3.63, 3.8) is 0 Å². The van der Waals surface area contributed by atoms with E-state index in [0.29, 0.717) is 31.1 Å². The van der Waals surface area contributed by atoms with Crippen molar-refractivity contribution in [3.8, 4) is 0 Å². The Balaban J connectivity index is 1.77. The van der Waals surface area contributed by atoms with Gasteiger partial charge < -0.3 is 15.2 Å². The largest absolute Gasteiger partial charge is 0.355 e. The summed E-state index contributed by atoms with van der Waals surface area (Å²) in [6.07, 6.45) is 2.89. The van der Waals surface area contributed by atoms with Gasteiger partial charge in [0.2, 0.25) is 5.91 Å². The highest BCUT2D eigenvalue weighted by Gasteiger charge is 2.25. The van der Waals surface area contributed by atoms with Crippen LogP contribution in [-0.4, -0.2) is 71.6 Å². The highest BCUT2D eigenvalue weighted by Crippen LogP contribution is 2.12. The van der Waals surface area contributed by atoms with E-state index >= 15 is 0 Å². The Morgan fingerprint density at radius 3 is 2.83 bits per heavy atom. The third-order valence-electron chi connectivity index (χ3n) is 4.32. The van der Waals surface area contributed by atoms with Crippen molar-refractivity contribution in [1.29, 1.82) is 0 Å². The van der Waals surface area contributed by atoms with E-state index in [1.54, 1.807) is 0 Å². The first kappa shape index (κ1) is 17.4. The summed E-state index contributed by atoms with van der Waals surface area (Å²) in [5.41, 5.74) is -0.273. The molecule has 1 aromatic heterocycles. The van der Waals surface area contributed by atoms with E-state index in [0.717, 1.165) is 24.1 Å². The third-order valence-corrected chi connectivity index (χ3v) is 4.32. The fraction of sp³-hybridized carbons (Fsp3) is 0.667. The van der Waals surface area contributed by atoms with Gasteiger partial charge in [-0.3, -0.25) is 19.1 Å². The average molecular weight is 323 g/mol. The minimum atomic E-state index is -0.438. The van der Waals surface area contributed by atoms with Crippen molar-refractivity contribution in [1.82, 2.24) is 24.7 Å². The number of aromatic amines is 1. The summed E-state index contributed by atoms with van der Waals surface area (Å²) in [6, 6.07) is 0.506. The molecule has 23 heavy (non-hydrogen) atoms. The van der Waals surface area contributed by atoms with Crippen LogP contribution in [0.25, 0.3) is 0 Å². The lowest BCUT2D eigenvalue weighted by Gasteiger charge is -2.20. The second kappa shape index (κ2) is 7.56. The molecule has 0 radical (unpaired) electrons. The van der Waals surface area contributed by atoms with E-state index in [1.165, 1.54) is 13.2 Å². The predicted octanol–water partition coefficient (Wildman–Crippen LogP) is -1.63. The number of carbonyl (C=O) groups excluding carboxylic acids is 1. The number of H-pyrrole nitrogens is 1. The molecule has 1 aromatic rings. The van der Waals surface area contributed by atoms with Gasteiger partial charge in [-0.05, 0) is 26.9 Å². The van der Waals surface area contributed by atoms with E-state index in [9.17, 15) is 14.4 Å². The third kappa shape index (κ3) is 4.52. The number of nitrogens with one attached hydrogen (secondary N) is 2. The van der Waals surface area contributed by atoms with Crippen LogP contribution < -0.4 is 16.6 Å². The number of nitrogens with zero attached hydrogens (tertiary/aromatic N) is 3. The first-order chi connectivity index (χ1) is 10.9. The maximum absolute atomic E-state index is 12.0. The molecule has 0 aromatic carbocycles. The molecule has 1 aliphatic rings. The topological polar surface area (TPSA) is 90.4 Å². The standard InChI is InChI=1S/C15H25N5O3/c1-18(2)12-5-7-20(9-12)10-13(21)16-6-4-11-8-17-15(23)19(3)14(11)22/h8,12H,4-7,9-10H2,1-3H3,(H,16,21)(H,17,23)/t12-/m0/s1. The fourth-order valence-corrected chi connectivity index (χ4v) is 2.77. The second-order valence-corrected chi connectivity index (χ2v) is 6.22. The summed E-state index contributed by atoms with van der Waals surface area (Å²) < 4.78 is 1.03. The molecule has 0 saturated carbocycles. The summed E-state index contributed by atoms with van der Waals surface area (Å²) in [5, 5.41) is 2.83. The quantitative estimate of drug-likeness (QED) is 0.656. The molecule has 1 amide bonds. The Morgan fingerprint density at radius 1 is 1.43 bits per heavy atom. The Hall–Kier alpha value is -1.93. The molecule has 0 aliphatic carbocycles. The maximum atomic E-state index is 12.0. The molecule has 8 nitrogen and oxygen atoms in total. The Kier molecular flexibility index (Phi) is 5.73. The van der Waals surface area contributed by atoms with Gasteiger partial charge in [0.15, 0.2) is 0 Å². The molecule has 1 aliphatic heterocycles. The molecule has 2 rings (SSSR count). The van der Waals surface area contributed by atoms with Gasteiger partial charge in [-0.25, -0.2) is 4.79 Å². The molecule has 128 valence electrons. The van der Waals surface area contributed by atoms with Crippen LogP contribution in [0.1, 0.15) is 12.0 Å². The Bertz CT molecular complexity index is 664. The first-order valence-electron chi connectivity index (χ1n) is 7.81. The predicted molar refractivity (Wildman–Crippen MR) is 87.5 cm³/mol. The van der Waals surface area contributed by atoms with E-state index in [2.05, 4.69) is 34.2 Å². The minimum Gasteiger partial charge on any atom is -0.355 e. The molecule has 1 saturated heterocycles. The average Bonchev–Trinajstić information content (AvgIpc) is 2.96. The zero-order chi connectivity index (χ0) is 17.0. The van der Waals surface area contributed by atoms with Gasteiger partial charge in [0.05, 0.1) is 6.54 Å². The molecule has 1 atom stereocenters. The minimum absolute atomic E-state index is 0.0364. The van der Waals surface area contributed by atoms with E-state index in [-0.39, 0.29) is 11.5 Å². The van der Waals surface area contributed by atoms with Crippen LogP contribution in [0.4, 0.5) is 0 Å². The van der Waals surface area contributed by atoms with Gasteiger partial charge in [0.1, 0.15) is 0 Å². The Labute approximate surface area is 135 Å². The smallest absolute Gasteiger partial charge is 0.328 e. The number of amides is 1. The lowest BCUT2D eigenvalue weighted by molar-refractivity contribution is -0.122.